The number of hydrogen-bond acceptors (Lipinski definition) is 4. The van der Waals surface area contributed by atoms with Gasteiger partial charge in [0.1, 0.15) is 0 Å². The van der Waals surface area contributed by atoms with Gasteiger partial charge in [-0.1, -0.05) is 12.1 Å². The average molecular weight is 319 g/mol. The fourth-order valence-electron chi connectivity index (χ4n) is 1.96. The van der Waals surface area contributed by atoms with Crippen LogP contribution in [0.25, 0.3) is 0 Å². The Hall–Kier alpha value is -2.38. The van der Waals surface area contributed by atoms with E-state index in [2.05, 4.69) is 5.32 Å². The van der Waals surface area contributed by atoms with Gasteiger partial charge in [0.05, 0.1) is 4.90 Å². The van der Waals surface area contributed by atoms with E-state index in [0.29, 0.717) is 24.2 Å². The number of nitrogen functional groups attached to an aromatic ring is 1. The van der Waals surface area contributed by atoms with Gasteiger partial charge in [0.2, 0.25) is 15.9 Å². The van der Waals surface area contributed by atoms with Crippen molar-refractivity contribution in [2.45, 2.75) is 17.7 Å². The molecule has 0 unspecified atom stereocenters. The van der Waals surface area contributed by atoms with Crippen molar-refractivity contribution in [3.8, 4) is 0 Å². The summed E-state index contributed by atoms with van der Waals surface area (Å²) < 4.78 is 22.3. The van der Waals surface area contributed by atoms with Crippen LogP contribution in [-0.4, -0.2) is 14.3 Å². The van der Waals surface area contributed by atoms with Gasteiger partial charge >= 0.3 is 0 Å². The van der Waals surface area contributed by atoms with Crippen LogP contribution in [-0.2, 0) is 21.2 Å². The number of nitrogens with two attached hydrogens (primary N) is 2. The molecule has 0 radical (unpaired) electrons. The SMILES string of the molecule is Nc1cccc(CCC(=O)Nc2ccc(S(N)(=O)=O)cc2)c1. The number of carbonyl (C=O) groups excluding carboxylic acids is 1. The molecule has 0 bridgehead atoms. The Morgan fingerprint density at radius 1 is 1.09 bits per heavy atom. The zero-order valence-electron chi connectivity index (χ0n) is 11.8. The van der Waals surface area contributed by atoms with Crippen LogP contribution in [0.15, 0.2) is 53.4 Å². The van der Waals surface area contributed by atoms with Gasteiger partial charge in [-0.25, -0.2) is 13.6 Å². The summed E-state index contributed by atoms with van der Waals surface area (Å²) in [5.41, 5.74) is 7.85. The molecule has 116 valence electrons. The highest BCUT2D eigenvalue weighted by atomic mass is 32.2. The van der Waals surface area contributed by atoms with Gasteiger partial charge in [0.25, 0.3) is 0 Å². The molecular formula is C15H17N3O3S. The van der Waals surface area contributed by atoms with Crippen LogP contribution in [0.3, 0.4) is 0 Å². The number of sulfonamides is 1. The molecule has 2 aromatic carbocycles. The maximum atomic E-state index is 11.9. The molecule has 0 saturated carbocycles. The van der Waals surface area contributed by atoms with E-state index < -0.39 is 10.0 Å². The molecule has 0 aliphatic carbocycles. The molecule has 1 amide bonds. The minimum Gasteiger partial charge on any atom is -0.399 e. The van der Waals surface area contributed by atoms with E-state index in [1.165, 1.54) is 24.3 Å². The summed E-state index contributed by atoms with van der Waals surface area (Å²) in [5, 5.41) is 7.71. The maximum Gasteiger partial charge on any atom is 0.238 e. The molecule has 0 aromatic heterocycles. The number of amides is 1. The molecule has 6 nitrogen and oxygen atoms in total. The van der Waals surface area contributed by atoms with E-state index in [0.717, 1.165) is 5.56 Å². The summed E-state index contributed by atoms with van der Waals surface area (Å²) in [6, 6.07) is 13.1. The van der Waals surface area contributed by atoms with Crippen LogP contribution in [0.2, 0.25) is 0 Å². The molecule has 0 saturated heterocycles. The van der Waals surface area contributed by atoms with Crippen LogP contribution in [0.5, 0.6) is 0 Å². The second kappa shape index (κ2) is 6.59. The third-order valence-corrected chi connectivity index (χ3v) is 3.99. The lowest BCUT2D eigenvalue weighted by Gasteiger charge is -2.06. The van der Waals surface area contributed by atoms with E-state index in [1.807, 2.05) is 18.2 Å². The first-order chi connectivity index (χ1) is 10.3. The summed E-state index contributed by atoms with van der Waals surface area (Å²) in [6.45, 7) is 0. The number of anilines is 2. The number of primary sulfonamides is 1. The molecule has 2 rings (SSSR count). The third kappa shape index (κ3) is 4.57. The van der Waals surface area contributed by atoms with Crippen molar-refractivity contribution in [2.75, 3.05) is 11.1 Å². The Bertz CT molecular complexity index is 771. The quantitative estimate of drug-likeness (QED) is 0.724. The van der Waals surface area contributed by atoms with Crippen LogP contribution in [0, 0.1) is 0 Å². The predicted molar refractivity (Wildman–Crippen MR) is 85.6 cm³/mol. The summed E-state index contributed by atoms with van der Waals surface area (Å²) >= 11 is 0. The van der Waals surface area contributed by atoms with Crippen LogP contribution < -0.4 is 16.2 Å². The maximum absolute atomic E-state index is 11.9. The first-order valence-electron chi connectivity index (χ1n) is 6.62. The second-order valence-electron chi connectivity index (χ2n) is 4.86. The van der Waals surface area contributed by atoms with Crippen LogP contribution in [0.1, 0.15) is 12.0 Å². The first kappa shape index (κ1) is 16.0. The van der Waals surface area contributed by atoms with E-state index >= 15 is 0 Å². The van der Waals surface area contributed by atoms with Crippen molar-refractivity contribution in [3.63, 3.8) is 0 Å². The van der Waals surface area contributed by atoms with Gasteiger partial charge < -0.3 is 11.1 Å². The highest BCUT2D eigenvalue weighted by molar-refractivity contribution is 7.89. The van der Waals surface area contributed by atoms with Gasteiger partial charge in [-0.3, -0.25) is 4.79 Å². The molecule has 0 heterocycles. The Balaban J connectivity index is 1.92. The molecule has 5 N–H and O–H groups in total. The van der Waals surface area contributed by atoms with Crippen LogP contribution in [0.4, 0.5) is 11.4 Å². The van der Waals surface area contributed by atoms with Crippen molar-refractivity contribution < 1.29 is 13.2 Å². The third-order valence-electron chi connectivity index (χ3n) is 3.06. The van der Waals surface area contributed by atoms with Crippen molar-refractivity contribution in [1.82, 2.24) is 0 Å². The standard InChI is InChI=1S/C15H17N3O3S/c16-12-3-1-2-11(10-12)4-9-15(19)18-13-5-7-14(8-6-13)22(17,20)21/h1-3,5-8,10H,4,9,16H2,(H,18,19)(H2,17,20,21). The van der Waals surface area contributed by atoms with Crippen LogP contribution >= 0.6 is 0 Å². The molecule has 0 aliphatic heterocycles. The summed E-state index contributed by atoms with van der Waals surface area (Å²) in [5.74, 6) is -0.161. The van der Waals surface area contributed by atoms with E-state index in [4.69, 9.17) is 10.9 Å². The van der Waals surface area contributed by atoms with Gasteiger partial charge in [-0.05, 0) is 48.4 Å². The van der Waals surface area contributed by atoms with Gasteiger partial charge in [0, 0.05) is 17.8 Å². The summed E-state index contributed by atoms with van der Waals surface area (Å²) in [7, 11) is -3.72. The molecule has 2 aromatic rings. The van der Waals surface area contributed by atoms with Gasteiger partial charge in [-0.2, -0.15) is 0 Å². The van der Waals surface area contributed by atoms with E-state index in [-0.39, 0.29) is 10.8 Å². The van der Waals surface area contributed by atoms with Crippen molar-refractivity contribution in [1.29, 1.82) is 0 Å². The lowest BCUT2D eigenvalue weighted by atomic mass is 10.1. The lowest BCUT2D eigenvalue weighted by Crippen LogP contribution is -2.14. The minimum atomic E-state index is -3.72. The topological polar surface area (TPSA) is 115 Å². The number of benzene rings is 2. The Morgan fingerprint density at radius 3 is 2.36 bits per heavy atom. The Kier molecular flexibility index (Phi) is 4.79. The number of aryl methyl sites for hydroxylation is 1. The summed E-state index contributed by atoms with van der Waals surface area (Å²) in [4.78, 5) is 11.9. The van der Waals surface area contributed by atoms with Gasteiger partial charge in [-0.15, -0.1) is 0 Å². The fourth-order valence-corrected chi connectivity index (χ4v) is 2.47. The fraction of sp³-hybridized carbons (Fsp3) is 0.133. The lowest BCUT2D eigenvalue weighted by molar-refractivity contribution is -0.116. The molecule has 0 aliphatic rings. The molecular weight excluding hydrogens is 302 g/mol. The number of carbonyl (C=O) groups is 1. The largest absolute Gasteiger partial charge is 0.399 e. The monoisotopic (exact) mass is 319 g/mol. The zero-order chi connectivity index (χ0) is 16.2. The molecule has 0 atom stereocenters. The van der Waals surface area contributed by atoms with Crippen molar-refractivity contribution in [2.24, 2.45) is 5.14 Å². The van der Waals surface area contributed by atoms with Crippen molar-refractivity contribution >= 4 is 27.3 Å². The average Bonchev–Trinajstić information content (AvgIpc) is 2.45. The highest BCUT2D eigenvalue weighted by Gasteiger charge is 2.08. The smallest absolute Gasteiger partial charge is 0.238 e. The first-order valence-corrected chi connectivity index (χ1v) is 8.16. The predicted octanol–water partition coefficient (Wildman–Crippen LogP) is 1.49. The summed E-state index contributed by atoms with van der Waals surface area (Å²) in [6.07, 6.45) is 0.881. The number of rotatable bonds is 5. The Labute approximate surface area is 129 Å². The molecule has 7 heteroatoms. The highest BCUT2D eigenvalue weighted by Crippen LogP contribution is 2.14. The van der Waals surface area contributed by atoms with Crippen molar-refractivity contribution in [3.05, 3.63) is 54.1 Å². The molecule has 0 fully saturated rings. The normalized spacial score (nSPS) is 11.1. The van der Waals surface area contributed by atoms with E-state index in [1.54, 1.807) is 6.07 Å². The Morgan fingerprint density at radius 2 is 1.77 bits per heavy atom. The van der Waals surface area contributed by atoms with E-state index in [9.17, 15) is 13.2 Å². The number of nitrogens with one attached hydrogen (secondary N) is 1. The molecule has 22 heavy (non-hydrogen) atoms. The molecule has 0 spiro atoms. The second-order valence-corrected chi connectivity index (χ2v) is 6.42. The zero-order valence-corrected chi connectivity index (χ0v) is 12.6. The minimum absolute atomic E-state index is 0.00487. The van der Waals surface area contributed by atoms with Gasteiger partial charge in [0.15, 0.2) is 0 Å². The number of hydrogen-bond donors (Lipinski definition) is 3.